The van der Waals surface area contributed by atoms with Gasteiger partial charge in [0.15, 0.2) is 0 Å². The standard InChI is InChI=1S/C17H17N3O2S/c1-17-8-7-14(21)20(17)13(10-23-17)16(22)19-12-6-2-4-11-5-3-9-18-15(11)12/h2-6,9,13H,7-8,10H2,1H3,(H,19,22). The van der Waals surface area contributed by atoms with Crippen molar-refractivity contribution < 1.29 is 9.59 Å². The molecule has 4 rings (SSSR count). The fraction of sp³-hybridized carbons (Fsp3) is 0.353. The van der Waals surface area contributed by atoms with Gasteiger partial charge in [-0.25, -0.2) is 0 Å². The molecule has 2 unspecified atom stereocenters. The van der Waals surface area contributed by atoms with Gasteiger partial charge in [-0.2, -0.15) is 0 Å². The molecule has 1 N–H and O–H groups in total. The molecule has 2 saturated heterocycles. The van der Waals surface area contributed by atoms with Gasteiger partial charge < -0.3 is 10.2 Å². The van der Waals surface area contributed by atoms with E-state index in [4.69, 9.17) is 0 Å². The summed E-state index contributed by atoms with van der Waals surface area (Å²) >= 11 is 1.70. The highest BCUT2D eigenvalue weighted by Crippen LogP contribution is 2.47. The Morgan fingerprint density at radius 3 is 3.09 bits per heavy atom. The smallest absolute Gasteiger partial charge is 0.248 e. The maximum atomic E-state index is 12.7. The number of hydrogen-bond donors (Lipinski definition) is 1. The lowest BCUT2D eigenvalue weighted by molar-refractivity contribution is -0.135. The molecule has 3 heterocycles. The summed E-state index contributed by atoms with van der Waals surface area (Å²) in [5, 5.41) is 3.95. The SMILES string of the molecule is CC12CCC(=O)N1C(C(=O)Nc1cccc3cccnc13)CS2. The van der Waals surface area contributed by atoms with Crippen molar-refractivity contribution in [3.63, 3.8) is 0 Å². The molecule has 6 heteroatoms. The monoisotopic (exact) mass is 327 g/mol. The van der Waals surface area contributed by atoms with E-state index in [9.17, 15) is 9.59 Å². The zero-order valence-electron chi connectivity index (χ0n) is 12.8. The zero-order valence-corrected chi connectivity index (χ0v) is 13.6. The Kier molecular flexibility index (Phi) is 3.30. The Balaban J connectivity index is 1.62. The quantitative estimate of drug-likeness (QED) is 0.921. The minimum Gasteiger partial charge on any atom is -0.322 e. The van der Waals surface area contributed by atoms with E-state index >= 15 is 0 Å². The summed E-state index contributed by atoms with van der Waals surface area (Å²) < 4.78 is 0. The summed E-state index contributed by atoms with van der Waals surface area (Å²) in [4.78, 5) is 30.8. The molecule has 1 aromatic heterocycles. The molecule has 0 spiro atoms. The Morgan fingerprint density at radius 2 is 2.22 bits per heavy atom. The van der Waals surface area contributed by atoms with Gasteiger partial charge in [-0.05, 0) is 25.5 Å². The number of fused-ring (bicyclic) bond motifs is 2. The van der Waals surface area contributed by atoms with E-state index < -0.39 is 6.04 Å². The van der Waals surface area contributed by atoms with Crippen LogP contribution in [0.4, 0.5) is 5.69 Å². The third-order valence-electron chi connectivity index (χ3n) is 4.64. The second-order valence-electron chi connectivity index (χ2n) is 6.14. The Hall–Kier alpha value is -2.08. The number of carbonyl (C=O) groups is 2. The molecule has 2 aromatic rings. The number of amides is 2. The van der Waals surface area contributed by atoms with Crippen LogP contribution in [-0.2, 0) is 9.59 Å². The van der Waals surface area contributed by atoms with E-state index in [1.807, 2.05) is 30.3 Å². The van der Waals surface area contributed by atoms with Gasteiger partial charge in [0, 0.05) is 23.8 Å². The summed E-state index contributed by atoms with van der Waals surface area (Å²) in [7, 11) is 0. The number of carbonyl (C=O) groups excluding carboxylic acids is 2. The van der Waals surface area contributed by atoms with Crippen molar-refractivity contribution in [3.8, 4) is 0 Å². The first-order valence-electron chi connectivity index (χ1n) is 7.69. The number of hydrogen-bond acceptors (Lipinski definition) is 4. The molecule has 1 aromatic carbocycles. The van der Waals surface area contributed by atoms with Crippen LogP contribution < -0.4 is 5.32 Å². The largest absolute Gasteiger partial charge is 0.322 e. The van der Waals surface area contributed by atoms with Gasteiger partial charge >= 0.3 is 0 Å². The minimum absolute atomic E-state index is 0.0775. The van der Waals surface area contributed by atoms with E-state index in [0.717, 1.165) is 17.3 Å². The zero-order chi connectivity index (χ0) is 16.0. The number of thioether (sulfide) groups is 1. The fourth-order valence-electron chi connectivity index (χ4n) is 3.44. The van der Waals surface area contributed by atoms with Crippen LogP contribution >= 0.6 is 11.8 Å². The summed E-state index contributed by atoms with van der Waals surface area (Å²) in [6, 6.07) is 9.14. The number of pyridine rings is 1. The highest BCUT2D eigenvalue weighted by Gasteiger charge is 2.52. The van der Waals surface area contributed by atoms with Gasteiger partial charge in [0.2, 0.25) is 11.8 Å². The Bertz CT molecular complexity index is 804. The number of benzene rings is 1. The first-order chi connectivity index (χ1) is 11.1. The molecule has 2 aliphatic rings. The normalized spacial score (nSPS) is 26.6. The Labute approximate surface area is 138 Å². The van der Waals surface area contributed by atoms with Crippen LogP contribution in [0.15, 0.2) is 36.5 Å². The van der Waals surface area contributed by atoms with E-state index in [-0.39, 0.29) is 16.7 Å². The van der Waals surface area contributed by atoms with Crippen LogP contribution in [0.25, 0.3) is 10.9 Å². The van der Waals surface area contributed by atoms with Crippen LogP contribution in [0.5, 0.6) is 0 Å². The van der Waals surface area contributed by atoms with Gasteiger partial charge in [0.25, 0.3) is 0 Å². The third-order valence-corrected chi connectivity index (χ3v) is 6.14. The lowest BCUT2D eigenvalue weighted by Gasteiger charge is -2.29. The number of nitrogens with zero attached hydrogens (tertiary/aromatic N) is 2. The number of anilines is 1. The average Bonchev–Trinajstić information content (AvgIpc) is 3.04. The van der Waals surface area contributed by atoms with Crippen LogP contribution in [0.3, 0.4) is 0 Å². The van der Waals surface area contributed by atoms with E-state index in [2.05, 4.69) is 17.2 Å². The van der Waals surface area contributed by atoms with Crippen molar-refractivity contribution >= 4 is 40.2 Å². The predicted octanol–water partition coefficient (Wildman–Crippen LogP) is 2.63. The lowest BCUT2D eigenvalue weighted by atomic mass is 10.1. The van der Waals surface area contributed by atoms with Crippen molar-refractivity contribution in [2.75, 3.05) is 11.1 Å². The summed E-state index contributed by atoms with van der Waals surface area (Å²) in [6.45, 7) is 2.05. The number of aromatic nitrogens is 1. The summed E-state index contributed by atoms with van der Waals surface area (Å²) in [5.41, 5.74) is 1.46. The first-order valence-corrected chi connectivity index (χ1v) is 8.68. The van der Waals surface area contributed by atoms with Crippen molar-refractivity contribution in [1.82, 2.24) is 9.88 Å². The second kappa shape index (κ2) is 5.23. The highest BCUT2D eigenvalue weighted by molar-refractivity contribution is 8.01. The van der Waals surface area contributed by atoms with E-state index in [1.165, 1.54) is 0 Å². The molecular weight excluding hydrogens is 310 g/mol. The maximum absolute atomic E-state index is 12.7. The lowest BCUT2D eigenvalue weighted by Crippen LogP contribution is -2.48. The topological polar surface area (TPSA) is 62.3 Å². The number of para-hydroxylation sites is 1. The van der Waals surface area contributed by atoms with Gasteiger partial charge in [0.1, 0.15) is 6.04 Å². The van der Waals surface area contributed by atoms with Crippen molar-refractivity contribution in [3.05, 3.63) is 36.5 Å². The molecule has 0 aliphatic carbocycles. The molecule has 2 fully saturated rings. The number of rotatable bonds is 2. The van der Waals surface area contributed by atoms with Crippen LogP contribution in [0.1, 0.15) is 19.8 Å². The molecule has 23 heavy (non-hydrogen) atoms. The van der Waals surface area contributed by atoms with Crippen LogP contribution in [0.2, 0.25) is 0 Å². The molecule has 2 amide bonds. The third kappa shape index (κ3) is 2.28. The summed E-state index contributed by atoms with van der Waals surface area (Å²) in [5.74, 6) is 0.593. The van der Waals surface area contributed by atoms with Gasteiger partial charge in [-0.3, -0.25) is 14.6 Å². The molecule has 5 nitrogen and oxygen atoms in total. The first kappa shape index (κ1) is 14.5. The van der Waals surface area contributed by atoms with Crippen molar-refractivity contribution in [1.29, 1.82) is 0 Å². The van der Waals surface area contributed by atoms with Gasteiger partial charge in [-0.15, -0.1) is 11.8 Å². The molecule has 0 bridgehead atoms. The van der Waals surface area contributed by atoms with E-state index in [1.54, 1.807) is 22.9 Å². The summed E-state index contributed by atoms with van der Waals surface area (Å²) in [6.07, 6.45) is 3.06. The van der Waals surface area contributed by atoms with Gasteiger partial charge in [0.05, 0.1) is 16.1 Å². The molecule has 0 radical (unpaired) electrons. The molecule has 0 saturated carbocycles. The molecule has 2 aliphatic heterocycles. The fourth-order valence-corrected chi connectivity index (χ4v) is 4.87. The van der Waals surface area contributed by atoms with Crippen molar-refractivity contribution in [2.45, 2.75) is 30.7 Å². The second-order valence-corrected chi connectivity index (χ2v) is 7.64. The predicted molar refractivity (Wildman–Crippen MR) is 91.1 cm³/mol. The van der Waals surface area contributed by atoms with E-state index in [0.29, 0.717) is 17.9 Å². The maximum Gasteiger partial charge on any atom is 0.248 e. The van der Waals surface area contributed by atoms with Gasteiger partial charge in [-0.1, -0.05) is 18.2 Å². The molecule has 118 valence electrons. The number of nitrogens with one attached hydrogen (secondary N) is 1. The minimum atomic E-state index is -0.404. The average molecular weight is 327 g/mol. The van der Waals surface area contributed by atoms with Crippen molar-refractivity contribution in [2.24, 2.45) is 0 Å². The molecule has 2 atom stereocenters. The highest BCUT2D eigenvalue weighted by atomic mass is 32.2. The van der Waals surface area contributed by atoms with Crippen LogP contribution in [-0.4, -0.2) is 38.4 Å². The Morgan fingerprint density at radius 1 is 1.39 bits per heavy atom. The van der Waals surface area contributed by atoms with Crippen LogP contribution in [0, 0.1) is 0 Å². The molecular formula is C17H17N3O2S.